The summed E-state index contributed by atoms with van der Waals surface area (Å²) >= 11 is 0. The molecule has 1 atom stereocenters. The van der Waals surface area contributed by atoms with Crippen molar-refractivity contribution in [2.24, 2.45) is 13.0 Å². The third kappa shape index (κ3) is 2.43. The minimum atomic E-state index is -0.819. The Morgan fingerprint density at radius 1 is 1.33 bits per heavy atom. The van der Waals surface area contributed by atoms with Crippen molar-refractivity contribution in [1.82, 2.24) is 15.1 Å². The second-order valence-electron chi connectivity index (χ2n) is 5.99. The summed E-state index contributed by atoms with van der Waals surface area (Å²) < 4.78 is 1.64. The number of rotatable bonds is 4. The summed E-state index contributed by atoms with van der Waals surface area (Å²) in [5.41, 5.74) is -0.819. The van der Waals surface area contributed by atoms with Crippen LogP contribution < -0.4 is 10.2 Å². The Balaban J connectivity index is 2.52. The van der Waals surface area contributed by atoms with Crippen molar-refractivity contribution in [1.29, 1.82) is 0 Å². The normalized spacial score (nSPS) is 21.8. The lowest BCUT2D eigenvalue weighted by atomic mass is 9.85. The molecule has 21 heavy (non-hydrogen) atoms. The molecule has 6 heteroatoms. The zero-order valence-corrected chi connectivity index (χ0v) is 13.4. The fourth-order valence-electron chi connectivity index (χ4n) is 2.95. The highest BCUT2D eigenvalue weighted by molar-refractivity contribution is 6.10. The Morgan fingerprint density at radius 3 is 2.38 bits per heavy atom. The molecule has 2 rings (SSSR count). The molecular formula is C15H24N4O2. The Kier molecular flexibility index (Phi) is 4.07. The predicted molar refractivity (Wildman–Crippen MR) is 80.8 cm³/mol. The number of hydrogen-bond acceptors (Lipinski definition) is 3. The van der Waals surface area contributed by atoms with Crippen LogP contribution in [0.4, 0.5) is 5.82 Å². The molecule has 1 aliphatic rings. The number of nitrogens with one attached hydrogen (secondary N) is 1. The van der Waals surface area contributed by atoms with E-state index in [9.17, 15) is 9.59 Å². The molecule has 1 N–H and O–H groups in total. The Labute approximate surface area is 125 Å². The maximum Gasteiger partial charge on any atom is 0.254 e. The number of nitrogens with zero attached hydrogens (tertiary/aromatic N) is 3. The van der Waals surface area contributed by atoms with Crippen LogP contribution in [0.3, 0.4) is 0 Å². The molecule has 1 unspecified atom stereocenters. The zero-order valence-electron chi connectivity index (χ0n) is 13.4. The van der Waals surface area contributed by atoms with Crippen molar-refractivity contribution in [3.63, 3.8) is 0 Å². The number of aromatic nitrogens is 2. The maximum absolute atomic E-state index is 13.0. The van der Waals surface area contributed by atoms with Crippen LogP contribution in [0.5, 0.6) is 0 Å². The van der Waals surface area contributed by atoms with Crippen LogP contribution in [-0.2, 0) is 16.6 Å². The van der Waals surface area contributed by atoms with Gasteiger partial charge < -0.3 is 5.32 Å². The van der Waals surface area contributed by atoms with Crippen LogP contribution in [-0.4, -0.2) is 33.2 Å². The van der Waals surface area contributed by atoms with Gasteiger partial charge in [-0.1, -0.05) is 27.7 Å². The average Bonchev–Trinajstić information content (AvgIpc) is 2.86. The minimum Gasteiger partial charge on any atom is -0.340 e. The second-order valence-corrected chi connectivity index (χ2v) is 5.99. The predicted octanol–water partition coefficient (Wildman–Crippen LogP) is 1.47. The molecule has 116 valence electrons. The van der Waals surface area contributed by atoms with E-state index in [1.54, 1.807) is 28.9 Å². The number of aryl methyl sites for hydroxylation is 1. The number of piperazine rings is 1. The minimum absolute atomic E-state index is 0.0164. The lowest BCUT2D eigenvalue weighted by Gasteiger charge is -2.45. The lowest BCUT2D eigenvalue weighted by Crippen LogP contribution is -2.71. The van der Waals surface area contributed by atoms with E-state index >= 15 is 0 Å². The van der Waals surface area contributed by atoms with E-state index < -0.39 is 11.6 Å². The van der Waals surface area contributed by atoms with E-state index in [0.29, 0.717) is 18.7 Å². The molecule has 0 aromatic carbocycles. The monoisotopic (exact) mass is 292 g/mol. The summed E-state index contributed by atoms with van der Waals surface area (Å²) in [5.74, 6) is 0.397. The van der Waals surface area contributed by atoms with E-state index in [0.717, 1.165) is 0 Å². The highest BCUT2D eigenvalue weighted by Gasteiger charge is 2.50. The molecule has 2 heterocycles. The maximum atomic E-state index is 13.0. The zero-order chi connectivity index (χ0) is 15.8. The van der Waals surface area contributed by atoms with Gasteiger partial charge in [0.1, 0.15) is 11.6 Å². The van der Waals surface area contributed by atoms with Gasteiger partial charge in [-0.15, -0.1) is 0 Å². The molecule has 1 aromatic rings. The van der Waals surface area contributed by atoms with Gasteiger partial charge in [-0.05, 0) is 18.8 Å². The first-order chi connectivity index (χ1) is 9.86. The number of anilines is 1. The first-order valence-corrected chi connectivity index (χ1v) is 7.51. The van der Waals surface area contributed by atoms with E-state index in [2.05, 4.69) is 10.4 Å². The topological polar surface area (TPSA) is 67.2 Å². The van der Waals surface area contributed by atoms with Gasteiger partial charge in [-0.2, -0.15) is 5.10 Å². The van der Waals surface area contributed by atoms with Crippen LogP contribution >= 0.6 is 0 Å². The van der Waals surface area contributed by atoms with E-state index in [4.69, 9.17) is 0 Å². The molecule has 1 saturated heterocycles. The first kappa shape index (κ1) is 15.5. The van der Waals surface area contributed by atoms with Gasteiger partial charge in [0.25, 0.3) is 5.91 Å². The summed E-state index contributed by atoms with van der Waals surface area (Å²) in [5, 5.41) is 7.28. The third-order valence-corrected chi connectivity index (χ3v) is 4.32. The van der Waals surface area contributed by atoms with Crippen molar-refractivity contribution < 1.29 is 9.59 Å². The number of carbonyl (C=O) groups excluding carboxylic acids is 2. The van der Waals surface area contributed by atoms with Crippen LogP contribution in [0, 0.1) is 5.92 Å². The van der Waals surface area contributed by atoms with Crippen LogP contribution in [0.25, 0.3) is 0 Å². The van der Waals surface area contributed by atoms with Crippen molar-refractivity contribution in [3.8, 4) is 0 Å². The number of hydrogen-bond donors (Lipinski definition) is 1. The molecule has 2 amide bonds. The molecule has 0 saturated carbocycles. The molecule has 0 spiro atoms. The van der Waals surface area contributed by atoms with Gasteiger partial charge in [-0.3, -0.25) is 19.2 Å². The highest BCUT2D eigenvalue weighted by atomic mass is 16.2. The number of amides is 2. The van der Waals surface area contributed by atoms with Crippen LogP contribution in [0.15, 0.2) is 12.3 Å². The standard InChI is InChI=1S/C15H24N4O2/c1-6-15(7-2)14(21)19(11-8-9-18(5)17-11)12(10(3)4)13(20)16-15/h8-10,12H,6-7H2,1-5H3,(H,16,20). The third-order valence-electron chi connectivity index (χ3n) is 4.32. The van der Waals surface area contributed by atoms with Crippen molar-refractivity contribution in [2.75, 3.05) is 4.90 Å². The summed E-state index contributed by atoms with van der Waals surface area (Å²) in [7, 11) is 1.80. The van der Waals surface area contributed by atoms with Gasteiger partial charge >= 0.3 is 0 Å². The fraction of sp³-hybridized carbons (Fsp3) is 0.667. The largest absolute Gasteiger partial charge is 0.340 e. The second kappa shape index (κ2) is 5.50. The molecule has 1 fully saturated rings. The summed E-state index contributed by atoms with van der Waals surface area (Å²) in [6.45, 7) is 7.73. The van der Waals surface area contributed by atoms with Gasteiger partial charge in [0, 0.05) is 19.3 Å². The molecule has 0 aliphatic carbocycles. The van der Waals surface area contributed by atoms with Gasteiger partial charge in [0.05, 0.1) is 0 Å². The van der Waals surface area contributed by atoms with E-state index in [1.807, 2.05) is 27.7 Å². The van der Waals surface area contributed by atoms with Crippen LogP contribution in [0.2, 0.25) is 0 Å². The van der Waals surface area contributed by atoms with Crippen molar-refractivity contribution in [2.45, 2.75) is 52.1 Å². The molecule has 6 nitrogen and oxygen atoms in total. The van der Waals surface area contributed by atoms with Gasteiger partial charge in [0.2, 0.25) is 5.91 Å². The Hall–Kier alpha value is -1.85. The smallest absolute Gasteiger partial charge is 0.254 e. The molecule has 0 radical (unpaired) electrons. The van der Waals surface area contributed by atoms with Gasteiger partial charge in [-0.25, -0.2) is 0 Å². The van der Waals surface area contributed by atoms with Crippen LogP contribution in [0.1, 0.15) is 40.5 Å². The lowest BCUT2D eigenvalue weighted by molar-refractivity contribution is -0.139. The first-order valence-electron chi connectivity index (χ1n) is 7.51. The quantitative estimate of drug-likeness (QED) is 0.913. The summed E-state index contributed by atoms with van der Waals surface area (Å²) in [6, 6.07) is 1.26. The average molecular weight is 292 g/mol. The van der Waals surface area contributed by atoms with E-state index in [1.165, 1.54) is 0 Å². The number of carbonyl (C=O) groups is 2. The highest BCUT2D eigenvalue weighted by Crippen LogP contribution is 2.31. The molecule has 1 aliphatic heterocycles. The summed E-state index contributed by atoms with van der Waals surface area (Å²) in [6.07, 6.45) is 2.93. The Bertz CT molecular complexity index is 546. The fourth-order valence-corrected chi connectivity index (χ4v) is 2.95. The van der Waals surface area contributed by atoms with Gasteiger partial charge in [0.15, 0.2) is 5.82 Å². The summed E-state index contributed by atoms with van der Waals surface area (Å²) in [4.78, 5) is 27.2. The molecular weight excluding hydrogens is 268 g/mol. The molecule has 0 bridgehead atoms. The SMILES string of the molecule is CCC1(CC)NC(=O)C(C(C)C)N(c2ccn(C)n2)C1=O. The van der Waals surface area contributed by atoms with Crippen molar-refractivity contribution >= 4 is 17.6 Å². The van der Waals surface area contributed by atoms with E-state index in [-0.39, 0.29) is 17.7 Å². The Morgan fingerprint density at radius 2 is 1.95 bits per heavy atom. The molecule has 1 aromatic heterocycles. The van der Waals surface area contributed by atoms with Crippen molar-refractivity contribution in [3.05, 3.63) is 12.3 Å².